The zero-order chi connectivity index (χ0) is 16.8. The van der Waals surface area contributed by atoms with E-state index in [0.717, 1.165) is 17.5 Å². The quantitative estimate of drug-likeness (QED) is 0.909. The fourth-order valence-electron chi connectivity index (χ4n) is 2.86. The maximum Gasteiger partial charge on any atom is 0.315 e. The Morgan fingerprint density at radius 2 is 2.04 bits per heavy atom. The van der Waals surface area contributed by atoms with Crippen LogP contribution in [-0.4, -0.2) is 18.7 Å². The highest BCUT2D eigenvalue weighted by atomic mass is 16.5. The molecule has 3 rings (SSSR count). The minimum Gasteiger partial charge on any atom is -0.371 e. The second kappa shape index (κ2) is 7.62. The van der Waals surface area contributed by atoms with Gasteiger partial charge in [0.15, 0.2) is 0 Å². The number of rotatable bonds is 4. The second-order valence-corrected chi connectivity index (χ2v) is 5.74. The van der Waals surface area contributed by atoms with Crippen molar-refractivity contribution in [3.63, 3.8) is 0 Å². The lowest BCUT2D eigenvalue weighted by Gasteiger charge is -2.20. The molecule has 2 amide bonds. The summed E-state index contributed by atoms with van der Waals surface area (Å²) in [7, 11) is 0. The van der Waals surface area contributed by atoms with Gasteiger partial charge in [-0.1, -0.05) is 42.5 Å². The van der Waals surface area contributed by atoms with Crippen LogP contribution >= 0.6 is 0 Å². The first kappa shape index (κ1) is 16.0. The van der Waals surface area contributed by atoms with E-state index in [-0.39, 0.29) is 18.2 Å². The molecule has 0 aromatic heterocycles. The van der Waals surface area contributed by atoms with Crippen molar-refractivity contribution in [1.29, 1.82) is 5.26 Å². The molecule has 0 unspecified atom stereocenters. The highest BCUT2D eigenvalue weighted by molar-refractivity contribution is 5.74. The molecule has 0 saturated carbocycles. The van der Waals surface area contributed by atoms with Crippen LogP contribution in [0.15, 0.2) is 54.6 Å². The summed E-state index contributed by atoms with van der Waals surface area (Å²) >= 11 is 0. The molecule has 5 heteroatoms. The third-order valence-electron chi connectivity index (χ3n) is 4.05. The highest BCUT2D eigenvalue weighted by Crippen LogP contribution is 2.28. The maximum atomic E-state index is 12.2. The molecule has 1 saturated heterocycles. The Balaban J connectivity index is 1.55. The summed E-state index contributed by atoms with van der Waals surface area (Å²) in [5.41, 5.74) is 2.55. The van der Waals surface area contributed by atoms with Gasteiger partial charge in [-0.15, -0.1) is 0 Å². The smallest absolute Gasteiger partial charge is 0.315 e. The SMILES string of the molecule is N#Cc1cccc(CNC(=O)N[C@@H]2CCO[C@H]2c2ccccc2)c1. The molecule has 122 valence electrons. The van der Waals surface area contributed by atoms with E-state index in [1.54, 1.807) is 12.1 Å². The van der Waals surface area contributed by atoms with Crippen molar-refractivity contribution < 1.29 is 9.53 Å². The van der Waals surface area contributed by atoms with E-state index in [9.17, 15) is 4.79 Å². The van der Waals surface area contributed by atoms with Crippen LogP contribution in [0.2, 0.25) is 0 Å². The van der Waals surface area contributed by atoms with Gasteiger partial charge >= 0.3 is 6.03 Å². The first-order valence-electron chi connectivity index (χ1n) is 7.96. The van der Waals surface area contributed by atoms with Crippen molar-refractivity contribution in [3.05, 3.63) is 71.3 Å². The number of nitrogens with zero attached hydrogens (tertiary/aromatic N) is 1. The molecule has 1 fully saturated rings. The molecular weight excluding hydrogens is 302 g/mol. The minimum absolute atomic E-state index is 0.0437. The average molecular weight is 321 g/mol. The van der Waals surface area contributed by atoms with Gasteiger partial charge in [0.05, 0.1) is 17.7 Å². The molecule has 0 spiro atoms. The lowest BCUT2D eigenvalue weighted by molar-refractivity contribution is 0.0999. The standard InChI is InChI=1S/C19H19N3O2/c20-12-14-5-4-6-15(11-14)13-21-19(23)22-17-9-10-24-18(17)16-7-2-1-3-8-16/h1-8,11,17-18H,9-10,13H2,(H2,21,22,23)/t17-,18+/m1/s1. The summed E-state index contributed by atoms with van der Waals surface area (Å²) in [6.07, 6.45) is 0.676. The van der Waals surface area contributed by atoms with E-state index >= 15 is 0 Å². The Labute approximate surface area is 141 Å². The van der Waals surface area contributed by atoms with Crippen molar-refractivity contribution in [2.45, 2.75) is 25.1 Å². The topological polar surface area (TPSA) is 74.2 Å². The summed E-state index contributed by atoms with van der Waals surface area (Å²) in [5.74, 6) is 0. The normalized spacial score (nSPS) is 19.5. The number of amides is 2. The lowest BCUT2D eigenvalue weighted by Crippen LogP contribution is -2.43. The van der Waals surface area contributed by atoms with E-state index in [4.69, 9.17) is 10.00 Å². The van der Waals surface area contributed by atoms with Crippen LogP contribution in [0.1, 0.15) is 29.2 Å². The molecule has 1 aliphatic rings. The van der Waals surface area contributed by atoms with Gasteiger partial charge < -0.3 is 15.4 Å². The highest BCUT2D eigenvalue weighted by Gasteiger charge is 2.30. The van der Waals surface area contributed by atoms with Crippen molar-refractivity contribution >= 4 is 6.03 Å². The minimum atomic E-state index is -0.228. The molecule has 0 radical (unpaired) electrons. The van der Waals surface area contributed by atoms with Gasteiger partial charge in [-0.25, -0.2) is 4.79 Å². The molecule has 0 aliphatic carbocycles. The van der Waals surface area contributed by atoms with E-state index in [1.165, 1.54) is 0 Å². The van der Waals surface area contributed by atoms with Gasteiger partial charge in [0.25, 0.3) is 0 Å². The van der Waals surface area contributed by atoms with Crippen LogP contribution in [0.4, 0.5) is 4.79 Å². The van der Waals surface area contributed by atoms with Crippen molar-refractivity contribution in [3.8, 4) is 6.07 Å². The van der Waals surface area contributed by atoms with Crippen LogP contribution in [0.25, 0.3) is 0 Å². The zero-order valence-corrected chi connectivity index (χ0v) is 13.2. The largest absolute Gasteiger partial charge is 0.371 e. The van der Waals surface area contributed by atoms with Crippen LogP contribution in [0, 0.1) is 11.3 Å². The monoisotopic (exact) mass is 321 g/mol. The molecule has 1 aliphatic heterocycles. The number of ether oxygens (including phenoxy) is 1. The van der Waals surface area contributed by atoms with Gasteiger partial charge in [-0.05, 0) is 29.7 Å². The summed E-state index contributed by atoms with van der Waals surface area (Å²) in [5, 5.41) is 14.7. The van der Waals surface area contributed by atoms with Crippen molar-refractivity contribution in [1.82, 2.24) is 10.6 Å². The second-order valence-electron chi connectivity index (χ2n) is 5.74. The van der Waals surface area contributed by atoms with Crippen LogP contribution in [0.5, 0.6) is 0 Å². The van der Waals surface area contributed by atoms with Gasteiger partial charge in [0.2, 0.25) is 0 Å². The number of carbonyl (C=O) groups excluding carboxylic acids is 1. The number of hydrogen-bond acceptors (Lipinski definition) is 3. The zero-order valence-electron chi connectivity index (χ0n) is 13.2. The lowest BCUT2D eigenvalue weighted by atomic mass is 10.0. The first-order chi connectivity index (χ1) is 11.8. The third kappa shape index (κ3) is 3.92. The van der Waals surface area contributed by atoms with E-state index in [1.807, 2.05) is 42.5 Å². The summed E-state index contributed by atoms with van der Waals surface area (Å²) in [4.78, 5) is 12.2. The maximum absolute atomic E-state index is 12.2. The average Bonchev–Trinajstić information content (AvgIpc) is 3.09. The van der Waals surface area contributed by atoms with Crippen LogP contribution < -0.4 is 10.6 Å². The van der Waals surface area contributed by atoms with Gasteiger partial charge in [0.1, 0.15) is 6.10 Å². The summed E-state index contributed by atoms with van der Waals surface area (Å²) in [6, 6.07) is 18.9. The Morgan fingerprint density at radius 3 is 2.83 bits per heavy atom. The molecular formula is C19H19N3O2. The molecule has 24 heavy (non-hydrogen) atoms. The number of nitrogens with one attached hydrogen (secondary N) is 2. The molecule has 2 N–H and O–H groups in total. The molecule has 1 heterocycles. The van der Waals surface area contributed by atoms with E-state index < -0.39 is 0 Å². The fraction of sp³-hybridized carbons (Fsp3) is 0.263. The Hall–Kier alpha value is -2.84. The molecule has 0 bridgehead atoms. The van der Waals surface area contributed by atoms with Crippen molar-refractivity contribution in [2.24, 2.45) is 0 Å². The van der Waals surface area contributed by atoms with Crippen LogP contribution in [-0.2, 0) is 11.3 Å². The van der Waals surface area contributed by atoms with E-state index in [2.05, 4.69) is 16.7 Å². The van der Waals surface area contributed by atoms with Gasteiger partial charge in [0, 0.05) is 13.2 Å². The number of carbonyl (C=O) groups is 1. The number of benzene rings is 2. The Morgan fingerprint density at radius 1 is 1.21 bits per heavy atom. The van der Waals surface area contributed by atoms with Gasteiger partial charge in [-0.2, -0.15) is 5.26 Å². The Bertz CT molecular complexity index is 740. The predicted octanol–water partition coefficient (Wildman–Crippen LogP) is 2.89. The number of nitriles is 1. The molecule has 2 aromatic carbocycles. The number of urea groups is 1. The predicted molar refractivity (Wildman–Crippen MR) is 90.1 cm³/mol. The third-order valence-corrected chi connectivity index (χ3v) is 4.05. The summed E-state index contributed by atoms with van der Waals surface area (Å²) in [6.45, 7) is 1.01. The number of hydrogen-bond donors (Lipinski definition) is 2. The molecule has 2 atom stereocenters. The summed E-state index contributed by atoms with van der Waals surface area (Å²) < 4.78 is 5.77. The first-order valence-corrected chi connectivity index (χ1v) is 7.96. The van der Waals surface area contributed by atoms with Crippen LogP contribution in [0.3, 0.4) is 0 Å². The molecule has 2 aromatic rings. The fourth-order valence-corrected chi connectivity index (χ4v) is 2.86. The molecule has 5 nitrogen and oxygen atoms in total. The van der Waals surface area contributed by atoms with Gasteiger partial charge in [-0.3, -0.25) is 0 Å². The van der Waals surface area contributed by atoms with Crippen molar-refractivity contribution in [2.75, 3.05) is 6.61 Å². The Kier molecular flexibility index (Phi) is 5.09. The van der Waals surface area contributed by atoms with E-state index in [0.29, 0.717) is 18.7 Å².